The molecule has 0 radical (unpaired) electrons. The first-order valence-corrected chi connectivity index (χ1v) is 12.1. The first-order valence-electron chi connectivity index (χ1n) is 9.78. The van der Waals surface area contributed by atoms with Crippen LogP contribution in [0.2, 0.25) is 5.28 Å². The molecule has 1 saturated carbocycles. The van der Waals surface area contributed by atoms with Gasteiger partial charge in [-0.05, 0) is 48.6 Å². The molecule has 9 nitrogen and oxygen atoms in total. The predicted octanol–water partition coefficient (Wildman–Crippen LogP) is 2.60. The van der Waals surface area contributed by atoms with E-state index in [1.165, 1.54) is 18.3 Å². The third-order valence-corrected chi connectivity index (χ3v) is 6.78. The second kappa shape index (κ2) is 8.52. The van der Waals surface area contributed by atoms with Crippen LogP contribution in [0, 0.1) is 0 Å². The number of anilines is 1. The maximum atomic E-state index is 13.3. The van der Waals surface area contributed by atoms with E-state index in [0.29, 0.717) is 17.7 Å². The summed E-state index contributed by atoms with van der Waals surface area (Å²) in [7, 11) is -1.63. The van der Waals surface area contributed by atoms with Gasteiger partial charge < -0.3 is 10.1 Å². The van der Waals surface area contributed by atoms with Crippen LogP contribution in [-0.2, 0) is 21.1 Å². The van der Waals surface area contributed by atoms with Gasteiger partial charge in [-0.3, -0.25) is 9.36 Å². The Bertz CT molecular complexity index is 1280. The molecule has 2 atom stereocenters. The predicted molar refractivity (Wildman–Crippen MR) is 117 cm³/mol. The Morgan fingerprint density at radius 3 is 2.65 bits per heavy atom. The van der Waals surface area contributed by atoms with E-state index in [0.717, 1.165) is 31.1 Å². The van der Waals surface area contributed by atoms with Gasteiger partial charge in [0, 0.05) is 19.9 Å². The summed E-state index contributed by atoms with van der Waals surface area (Å²) in [4.78, 5) is 26.2. The van der Waals surface area contributed by atoms with Crippen LogP contribution in [0.4, 0.5) is 5.82 Å². The van der Waals surface area contributed by atoms with Gasteiger partial charge in [-0.2, -0.15) is 4.98 Å². The van der Waals surface area contributed by atoms with Crippen molar-refractivity contribution in [3.05, 3.63) is 51.7 Å². The number of ether oxygens (including phenoxy) is 1. The van der Waals surface area contributed by atoms with Crippen molar-refractivity contribution in [1.29, 1.82) is 0 Å². The van der Waals surface area contributed by atoms with Crippen LogP contribution in [0.25, 0.3) is 11.2 Å². The molecule has 1 aliphatic rings. The topological polar surface area (TPSA) is 116 Å². The Hall–Kier alpha value is -2.56. The monoisotopic (exact) mass is 463 g/mol. The van der Waals surface area contributed by atoms with Crippen molar-refractivity contribution < 1.29 is 13.2 Å². The molecule has 2 aromatic heterocycles. The van der Waals surface area contributed by atoms with E-state index >= 15 is 0 Å². The van der Waals surface area contributed by atoms with Crippen LogP contribution in [0.5, 0.6) is 0 Å². The minimum atomic E-state index is -3.27. The van der Waals surface area contributed by atoms with E-state index in [1.807, 2.05) is 0 Å². The fourth-order valence-corrected chi connectivity index (χ4v) is 4.68. The van der Waals surface area contributed by atoms with Crippen LogP contribution in [0.15, 0.2) is 40.2 Å². The van der Waals surface area contributed by atoms with E-state index in [1.54, 1.807) is 23.8 Å². The SMILES string of the molecule is CO[C@H]1CCC[C@@H]1n1c(=O)c(NCc2ccc(S(C)(=O)=O)cc2)nc2cnc(Cl)nc21. The van der Waals surface area contributed by atoms with E-state index < -0.39 is 9.84 Å². The molecule has 0 saturated heterocycles. The average Bonchev–Trinajstić information content (AvgIpc) is 3.20. The molecule has 164 valence electrons. The van der Waals surface area contributed by atoms with Gasteiger partial charge in [0.2, 0.25) is 5.28 Å². The van der Waals surface area contributed by atoms with Crippen LogP contribution in [0.3, 0.4) is 0 Å². The summed E-state index contributed by atoms with van der Waals surface area (Å²) in [6.45, 7) is 0.296. The summed E-state index contributed by atoms with van der Waals surface area (Å²) in [5, 5.41) is 3.11. The number of fused-ring (bicyclic) bond motifs is 1. The Kier molecular flexibility index (Phi) is 5.96. The third kappa shape index (κ3) is 4.41. The number of halogens is 1. The number of hydrogen-bond acceptors (Lipinski definition) is 8. The van der Waals surface area contributed by atoms with Gasteiger partial charge in [0.25, 0.3) is 5.56 Å². The second-order valence-corrected chi connectivity index (χ2v) is 9.88. The van der Waals surface area contributed by atoms with Gasteiger partial charge in [-0.1, -0.05) is 12.1 Å². The van der Waals surface area contributed by atoms with Crippen LogP contribution in [0.1, 0.15) is 30.9 Å². The summed E-state index contributed by atoms with van der Waals surface area (Å²) in [5.41, 5.74) is 1.31. The normalized spacial score (nSPS) is 19.1. The maximum absolute atomic E-state index is 13.3. The minimum absolute atomic E-state index is 0.0427. The molecular weight excluding hydrogens is 442 g/mol. The van der Waals surface area contributed by atoms with E-state index in [9.17, 15) is 13.2 Å². The highest BCUT2D eigenvalue weighted by Gasteiger charge is 2.32. The number of nitrogens with zero attached hydrogens (tertiary/aromatic N) is 4. The highest BCUT2D eigenvalue weighted by molar-refractivity contribution is 7.90. The van der Waals surface area contributed by atoms with Crippen molar-refractivity contribution in [3.8, 4) is 0 Å². The fourth-order valence-electron chi connectivity index (χ4n) is 3.92. The molecule has 0 aliphatic heterocycles. The number of hydrogen-bond donors (Lipinski definition) is 1. The zero-order valence-electron chi connectivity index (χ0n) is 17.1. The molecule has 11 heteroatoms. The van der Waals surface area contributed by atoms with Crippen LogP contribution >= 0.6 is 11.6 Å². The Morgan fingerprint density at radius 2 is 1.97 bits per heavy atom. The Labute approximate surface area is 184 Å². The second-order valence-electron chi connectivity index (χ2n) is 7.53. The standard InChI is InChI=1S/C20H22ClN5O4S/c1-30-16-5-3-4-15(16)26-18-14(11-23-20(21)25-18)24-17(19(26)27)22-10-12-6-8-13(9-7-12)31(2,28)29/h6-9,11,15-16H,3-5,10H2,1-2H3,(H,22,24)/t15-,16-/m0/s1. The zero-order valence-corrected chi connectivity index (χ0v) is 18.7. The molecule has 3 aromatic rings. The molecule has 1 aromatic carbocycles. The molecule has 0 amide bonds. The van der Waals surface area contributed by atoms with E-state index in [2.05, 4.69) is 20.3 Å². The molecular formula is C20H22ClN5O4S. The van der Waals surface area contributed by atoms with Gasteiger partial charge in [0.15, 0.2) is 21.3 Å². The zero-order chi connectivity index (χ0) is 22.2. The summed E-state index contributed by atoms with van der Waals surface area (Å²) < 4.78 is 30.5. The lowest BCUT2D eigenvalue weighted by Gasteiger charge is -2.22. The number of benzene rings is 1. The lowest BCUT2D eigenvalue weighted by molar-refractivity contribution is 0.0751. The van der Waals surface area contributed by atoms with Crippen LogP contribution in [-0.4, -0.2) is 47.4 Å². The quantitative estimate of drug-likeness (QED) is 0.554. The summed E-state index contributed by atoms with van der Waals surface area (Å²) >= 11 is 5.99. The van der Waals surface area contributed by atoms with E-state index in [-0.39, 0.29) is 33.7 Å². The number of aromatic nitrogens is 4. The minimum Gasteiger partial charge on any atom is -0.379 e. The van der Waals surface area contributed by atoms with Gasteiger partial charge in [0.05, 0.1) is 23.2 Å². The first-order chi connectivity index (χ1) is 14.8. The molecule has 31 heavy (non-hydrogen) atoms. The van der Waals surface area contributed by atoms with Gasteiger partial charge in [0.1, 0.15) is 5.52 Å². The summed E-state index contributed by atoms with van der Waals surface area (Å²) in [6.07, 6.45) is 5.12. The highest BCUT2D eigenvalue weighted by atomic mass is 35.5. The van der Waals surface area contributed by atoms with Crippen molar-refractivity contribution in [1.82, 2.24) is 19.5 Å². The number of rotatable bonds is 6. The molecule has 1 aliphatic carbocycles. The molecule has 1 fully saturated rings. The van der Waals surface area contributed by atoms with Crippen molar-refractivity contribution >= 4 is 38.4 Å². The fraction of sp³-hybridized carbons (Fsp3) is 0.400. The summed E-state index contributed by atoms with van der Waals surface area (Å²) in [6, 6.07) is 6.29. The Balaban J connectivity index is 1.71. The van der Waals surface area contributed by atoms with Gasteiger partial charge in [-0.15, -0.1) is 0 Å². The number of methoxy groups -OCH3 is 1. The van der Waals surface area contributed by atoms with Crippen molar-refractivity contribution in [2.75, 3.05) is 18.7 Å². The lowest BCUT2D eigenvalue weighted by atomic mass is 10.2. The highest BCUT2D eigenvalue weighted by Crippen LogP contribution is 2.33. The molecule has 1 N–H and O–H groups in total. The first kappa shape index (κ1) is 21.7. The number of sulfone groups is 1. The van der Waals surface area contributed by atoms with Crippen LogP contribution < -0.4 is 10.9 Å². The summed E-state index contributed by atoms with van der Waals surface area (Å²) in [5.74, 6) is 0.160. The maximum Gasteiger partial charge on any atom is 0.295 e. The van der Waals surface area contributed by atoms with Crippen molar-refractivity contribution in [2.24, 2.45) is 0 Å². The molecule has 0 unspecified atom stereocenters. The molecule has 4 rings (SSSR count). The molecule has 0 bridgehead atoms. The van der Waals surface area contributed by atoms with Crippen molar-refractivity contribution in [2.45, 2.75) is 42.8 Å². The average molecular weight is 464 g/mol. The lowest BCUT2D eigenvalue weighted by Crippen LogP contribution is -2.33. The molecule has 2 heterocycles. The largest absolute Gasteiger partial charge is 0.379 e. The van der Waals surface area contributed by atoms with E-state index in [4.69, 9.17) is 16.3 Å². The smallest absolute Gasteiger partial charge is 0.295 e. The third-order valence-electron chi connectivity index (χ3n) is 5.47. The van der Waals surface area contributed by atoms with Crippen molar-refractivity contribution in [3.63, 3.8) is 0 Å². The van der Waals surface area contributed by atoms with Gasteiger partial charge in [-0.25, -0.2) is 18.4 Å². The van der Waals surface area contributed by atoms with Gasteiger partial charge >= 0.3 is 0 Å². The number of nitrogens with one attached hydrogen (secondary N) is 1. The Morgan fingerprint density at radius 1 is 1.23 bits per heavy atom. The molecule has 0 spiro atoms.